The third kappa shape index (κ3) is 1.67. The van der Waals surface area contributed by atoms with Crippen molar-refractivity contribution in [2.45, 2.75) is 0 Å². The van der Waals surface area contributed by atoms with Gasteiger partial charge in [0.25, 0.3) is 11.8 Å². The summed E-state index contributed by atoms with van der Waals surface area (Å²) in [6.07, 6.45) is 1.45. The van der Waals surface area contributed by atoms with Crippen molar-refractivity contribution in [1.82, 2.24) is 4.98 Å². The number of hydrogen-bond donors (Lipinski definition) is 1. The predicted octanol–water partition coefficient (Wildman–Crippen LogP) is 2.24. The molecule has 1 aromatic heterocycles. The van der Waals surface area contributed by atoms with Gasteiger partial charge < -0.3 is 5.11 Å². The summed E-state index contributed by atoms with van der Waals surface area (Å²) in [6.45, 7) is 0. The van der Waals surface area contributed by atoms with Gasteiger partial charge in [-0.15, -0.1) is 0 Å². The largest absolute Gasteiger partial charge is 0.508 e. The van der Waals surface area contributed by atoms with Gasteiger partial charge in [-0.1, -0.05) is 11.6 Å². The highest BCUT2D eigenvalue weighted by Crippen LogP contribution is 2.34. The molecule has 6 heteroatoms. The van der Waals surface area contributed by atoms with Crippen LogP contribution in [0, 0.1) is 0 Å². The highest BCUT2D eigenvalue weighted by atomic mass is 35.5. The Kier molecular flexibility index (Phi) is 2.50. The van der Waals surface area contributed by atoms with Crippen LogP contribution in [0.3, 0.4) is 0 Å². The van der Waals surface area contributed by atoms with Crippen molar-refractivity contribution in [3.05, 3.63) is 52.8 Å². The smallest absolute Gasteiger partial charge is 0.284 e. The molecule has 2 heterocycles. The number of hydrogen-bond acceptors (Lipinski definition) is 4. The summed E-state index contributed by atoms with van der Waals surface area (Å²) in [5.74, 6) is -1.03. The van der Waals surface area contributed by atoms with Crippen molar-refractivity contribution in [3.63, 3.8) is 0 Å². The standard InChI is InChI=1S/C13H7ClN2O3/c14-9-6-7(17)3-4-10(9)16-12(18)8-2-1-5-15-11(8)13(16)19/h1-6,17H. The van der Waals surface area contributed by atoms with Crippen LogP contribution in [0.1, 0.15) is 20.8 Å². The van der Waals surface area contributed by atoms with E-state index in [2.05, 4.69) is 4.98 Å². The Balaban J connectivity index is 2.14. The van der Waals surface area contributed by atoms with E-state index >= 15 is 0 Å². The number of fused-ring (bicyclic) bond motifs is 1. The number of halogens is 1. The van der Waals surface area contributed by atoms with Crippen molar-refractivity contribution in [1.29, 1.82) is 0 Å². The molecule has 1 aliphatic heterocycles. The minimum Gasteiger partial charge on any atom is -0.508 e. The van der Waals surface area contributed by atoms with E-state index in [0.717, 1.165) is 4.90 Å². The van der Waals surface area contributed by atoms with Gasteiger partial charge in [0.1, 0.15) is 11.4 Å². The second kappa shape index (κ2) is 4.07. The van der Waals surface area contributed by atoms with Crippen LogP contribution in [0.15, 0.2) is 36.5 Å². The zero-order chi connectivity index (χ0) is 13.6. The van der Waals surface area contributed by atoms with Crippen LogP contribution in [-0.4, -0.2) is 21.9 Å². The lowest BCUT2D eigenvalue weighted by Crippen LogP contribution is -2.29. The molecule has 0 saturated carbocycles. The fourth-order valence-corrected chi connectivity index (χ4v) is 2.22. The topological polar surface area (TPSA) is 70.5 Å². The van der Waals surface area contributed by atoms with Gasteiger partial charge >= 0.3 is 0 Å². The lowest BCUT2D eigenvalue weighted by molar-refractivity contribution is 0.0924. The third-order valence-corrected chi connectivity index (χ3v) is 3.12. The molecule has 5 nitrogen and oxygen atoms in total. The summed E-state index contributed by atoms with van der Waals surface area (Å²) in [7, 11) is 0. The summed E-state index contributed by atoms with van der Waals surface area (Å²) in [4.78, 5) is 29.2. The maximum absolute atomic E-state index is 12.2. The minimum atomic E-state index is -0.520. The van der Waals surface area contributed by atoms with Crippen LogP contribution in [0.25, 0.3) is 0 Å². The molecule has 1 aliphatic rings. The molecule has 0 fully saturated rings. The van der Waals surface area contributed by atoms with Crippen LogP contribution in [0.5, 0.6) is 5.75 Å². The van der Waals surface area contributed by atoms with Gasteiger partial charge in [-0.25, -0.2) is 4.90 Å². The van der Waals surface area contributed by atoms with E-state index in [4.69, 9.17) is 11.6 Å². The molecule has 2 amide bonds. The minimum absolute atomic E-state index is 0.0384. The number of rotatable bonds is 1. The van der Waals surface area contributed by atoms with Gasteiger partial charge in [-0.3, -0.25) is 14.6 Å². The van der Waals surface area contributed by atoms with Crippen molar-refractivity contribution in [2.24, 2.45) is 0 Å². The highest BCUT2D eigenvalue weighted by Gasteiger charge is 2.38. The molecule has 3 rings (SSSR count). The number of pyridine rings is 1. The number of anilines is 1. The van der Waals surface area contributed by atoms with Crippen molar-refractivity contribution >= 4 is 29.1 Å². The first kappa shape index (κ1) is 11.7. The Morgan fingerprint density at radius 2 is 1.95 bits per heavy atom. The van der Waals surface area contributed by atoms with Gasteiger partial charge in [0.2, 0.25) is 0 Å². The van der Waals surface area contributed by atoms with Gasteiger partial charge in [0.05, 0.1) is 16.3 Å². The van der Waals surface area contributed by atoms with E-state index in [1.54, 1.807) is 6.07 Å². The number of imide groups is 1. The van der Waals surface area contributed by atoms with Crippen LogP contribution >= 0.6 is 11.6 Å². The lowest BCUT2D eigenvalue weighted by atomic mass is 10.2. The zero-order valence-electron chi connectivity index (χ0n) is 9.50. The van der Waals surface area contributed by atoms with Crippen LogP contribution < -0.4 is 4.90 Å². The Hall–Kier alpha value is -2.40. The lowest BCUT2D eigenvalue weighted by Gasteiger charge is -2.15. The summed E-state index contributed by atoms with van der Waals surface area (Å²) in [5.41, 5.74) is 0.584. The van der Waals surface area contributed by atoms with E-state index in [1.807, 2.05) is 0 Å². The molecule has 0 aliphatic carbocycles. The van der Waals surface area contributed by atoms with E-state index in [1.165, 1.54) is 30.5 Å². The molecule has 0 spiro atoms. The van der Waals surface area contributed by atoms with Gasteiger partial charge in [-0.2, -0.15) is 0 Å². The molecular weight excluding hydrogens is 268 g/mol. The highest BCUT2D eigenvalue weighted by molar-refractivity contribution is 6.39. The molecule has 0 atom stereocenters. The summed E-state index contributed by atoms with van der Waals surface area (Å²) >= 11 is 5.96. The summed E-state index contributed by atoms with van der Waals surface area (Å²) in [5, 5.41) is 9.42. The first-order valence-electron chi connectivity index (χ1n) is 5.42. The third-order valence-electron chi connectivity index (χ3n) is 2.82. The Morgan fingerprint density at radius 1 is 1.16 bits per heavy atom. The molecule has 1 aromatic carbocycles. The SMILES string of the molecule is O=C1c2cccnc2C(=O)N1c1ccc(O)cc1Cl. The zero-order valence-corrected chi connectivity index (χ0v) is 10.3. The molecule has 0 radical (unpaired) electrons. The fraction of sp³-hybridized carbons (Fsp3) is 0. The first-order chi connectivity index (χ1) is 9.09. The summed E-state index contributed by atoms with van der Waals surface area (Å²) in [6, 6.07) is 7.17. The number of carbonyl (C=O) groups is 2. The van der Waals surface area contributed by atoms with Crippen LogP contribution in [0.2, 0.25) is 5.02 Å². The number of amides is 2. The molecule has 0 unspecified atom stereocenters. The molecule has 19 heavy (non-hydrogen) atoms. The van der Waals surface area contributed by atoms with Gasteiger partial charge in [-0.05, 0) is 24.3 Å². The van der Waals surface area contributed by atoms with E-state index in [-0.39, 0.29) is 27.7 Å². The second-order valence-corrected chi connectivity index (χ2v) is 4.39. The number of aromatic hydroxyl groups is 1. The maximum Gasteiger partial charge on any atom is 0.284 e. The second-order valence-electron chi connectivity index (χ2n) is 3.98. The van der Waals surface area contributed by atoms with E-state index < -0.39 is 11.8 Å². The molecule has 0 saturated heterocycles. The first-order valence-corrected chi connectivity index (χ1v) is 5.79. The Bertz CT molecular complexity index is 680. The number of carbonyl (C=O) groups excluding carboxylic acids is 2. The normalized spacial score (nSPS) is 13.8. The average molecular weight is 275 g/mol. The fourth-order valence-electron chi connectivity index (χ4n) is 1.96. The molecule has 0 bridgehead atoms. The van der Waals surface area contributed by atoms with Crippen molar-refractivity contribution in [3.8, 4) is 5.75 Å². The van der Waals surface area contributed by atoms with Crippen molar-refractivity contribution < 1.29 is 14.7 Å². The van der Waals surface area contributed by atoms with Crippen molar-refractivity contribution in [2.75, 3.05) is 4.90 Å². The molecule has 1 N–H and O–H groups in total. The molecular formula is C13H7ClN2O3. The number of aromatic nitrogens is 1. The predicted molar refractivity (Wildman–Crippen MR) is 68.5 cm³/mol. The number of phenols is 1. The Labute approximate surface area is 113 Å². The number of benzene rings is 1. The average Bonchev–Trinajstić information content (AvgIpc) is 2.64. The van der Waals surface area contributed by atoms with E-state index in [9.17, 15) is 14.7 Å². The van der Waals surface area contributed by atoms with Crippen LogP contribution in [-0.2, 0) is 0 Å². The number of phenolic OH excluding ortho intramolecular Hbond substituents is 1. The maximum atomic E-state index is 12.2. The summed E-state index contributed by atoms with van der Waals surface area (Å²) < 4.78 is 0. The van der Waals surface area contributed by atoms with E-state index in [0.29, 0.717) is 0 Å². The molecule has 2 aromatic rings. The monoisotopic (exact) mass is 274 g/mol. The Morgan fingerprint density at radius 3 is 2.63 bits per heavy atom. The number of nitrogens with zero attached hydrogens (tertiary/aromatic N) is 2. The van der Waals surface area contributed by atoms with Crippen LogP contribution in [0.4, 0.5) is 5.69 Å². The quantitative estimate of drug-likeness (QED) is 0.810. The van der Waals surface area contributed by atoms with Gasteiger partial charge in [0.15, 0.2) is 0 Å². The van der Waals surface area contributed by atoms with Gasteiger partial charge in [0, 0.05) is 12.3 Å². The molecule has 94 valence electrons.